The monoisotopic (exact) mass is 449 g/mol. The molecule has 1 aromatic carbocycles. The van der Waals surface area contributed by atoms with Crippen LogP contribution in [-0.2, 0) is 15.7 Å². The van der Waals surface area contributed by atoms with E-state index in [0.717, 1.165) is 12.5 Å². The van der Waals surface area contributed by atoms with Crippen molar-refractivity contribution in [2.24, 2.45) is 23.2 Å². The van der Waals surface area contributed by atoms with Gasteiger partial charge in [0.1, 0.15) is 0 Å². The molecule has 0 aromatic heterocycles. The molecule has 4 rings (SSSR count). The summed E-state index contributed by atoms with van der Waals surface area (Å²) >= 11 is 0. The normalized spacial score (nSPS) is 25.7. The van der Waals surface area contributed by atoms with E-state index in [1.807, 2.05) is 23.6 Å². The molecule has 1 saturated carbocycles. The summed E-state index contributed by atoms with van der Waals surface area (Å²) in [6.45, 7) is 7.39. The number of likely N-dealkylation sites (tertiary alicyclic amines) is 1. The van der Waals surface area contributed by atoms with Gasteiger partial charge >= 0.3 is 6.18 Å². The second kappa shape index (κ2) is 8.58. The number of alkyl halides is 3. The van der Waals surface area contributed by atoms with Crippen molar-refractivity contribution in [3.63, 3.8) is 0 Å². The van der Waals surface area contributed by atoms with E-state index in [1.54, 1.807) is 12.1 Å². The number of rotatable bonds is 6. The minimum Gasteiger partial charge on any atom is -0.380 e. The minimum absolute atomic E-state index is 0.0960. The molecular formula is C24H30F3N3O2. The number of anilines is 1. The van der Waals surface area contributed by atoms with Gasteiger partial charge in [-0.05, 0) is 49.3 Å². The smallest absolute Gasteiger partial charge is 0.380 e. The lowest BCUT2D eigenvalue weighted by Crippen LogP contribution is -2.53. The first-order valence-electron chi connectivity index (χ1n) is 11.4. The largest absolute Gasteiger partial charge is 0.417 e. The van der Waals surface area contributed by atoms with E-state index >= 15 is 0 Å². The predicted molar refractivity (Wildman–Crippen MR) is 114 cm³/mol. The number of piperidine rings is 1. The molecule has 1 amide bonds. The van der Waals surface area contributed by atoms with E-state index in [1.165, 1.54) is 18.9 Å². The number of benzene rings is 1. The number of hydrogen-bond donors (Lipinski definition) is 0. The van der Waals surface area contributed by atoms with Gasteiger partial charge in [0.2, 0.25) is 5.91 Å². The molecule has 32 heavy (non-hydrogen) atoms. The van der Waals surface area contributed by atoms with Crippen molar-refractivity contribution in [3.05, 3.63) is 29.3 Å². The fourth-order valence-electron chi connectivity index (χ4n) is 5.11. The molecule has 1 aromatic rings. The molecule has 0 N–H and O–H groups in total. The summed E-state index contributed by atoms with van der Waals surface area (Å²) in [5, 5.41) is 9.10. The van der Waals surface area contributed by atoms with Crippen LogP contribution in [0.15, 0.2) is 18.2 Å². The van der Waals surface area contributed by atoms with Gasteiger partial charge in [0.25, 0.3) is 0 Å². The minimum atomic E-state index is -4.58. The van der Waals surface area contributed by atoms with Gasteiger partial charge in [-0.25, -0.2) is 0 Å². The Morgan fingerprint density at radius 1 is 1.28 bits per heavy atom. The van der Waals surface area contributed by atoms with Crippen LogP contribution in [0, 0.1) is 34.5 Å². The molecule has 174 valence electrons. The number of ether oxygens (including phenoxy) is 1. The topological polar surface area (TPSA) is 56.6 Å². The lowest BCUT2D eigenvalue weighted by Gasteiger charge is -2.44. The Labute approximate surface area is 187 Å². The zero-order valence-corrected chi connectivity index (χ0v) is 18.6. The highest BCUT2D eigenvalue weighted by Gasteiger charge is 2.51. The first kappa shape index (κ1) is 22.9. The second-order valence-corrected chi connectivity index (χ2v) is 9.94. The molecule has 0 unspecified atom stereocenters. The summed E-state index contributed by atoms with van der Waals surface area (Å²) < 4.78 is 46.6. The van der Waals surface area contributed by atoms with Crippen LogP contribution in [0.4, 0.5) is 18.9 Å². The third kappa shape index (κ3) is 4.59. The summed E-state index contributed by atoms with van der Waals surface area (Å²) in [6.07, 6.45) is -1.40. The highest BCUT2D eigenvalue weighted by atomic mass is 19.4. The maximum Gasteiger partial charge on any atom is 0.417 e. The summed E-state index contributed by atoms with van der Waals surface area (Å²) in [6, 6.07) is 5.59. The molecule has 8 heteroatoms. The Kier molecular flexibility index (Phi) is 6.15. The van der Waals surface area contributed by atoms with Gasteiger partial charge < -0.3 is 14.5 Å². The molecule has 0 radical (unpaired) electrons. The fourth-order valence-corrected chi connectivity index (χ4v) is 5.11. The molecule has 2 saturated heterocycles. The summed E-state index contributed by atoms with van der Waals surface area (Å²) in [4.78, 5) is 16.6. The summed E-state index contributed by atoms with van der Waals surface area (Å²) in [5.74, 6) is 0.873. The molecule has 0 bridgehead atoms. The number of carbonyl (C=O) groups excluding carboxylic acids is 1. The molecule has 5 nitrogen and oxygen atoms in total. The maximum atomic E-state index is 13.5. The van der Waals surface area contributed by atoms with Crippen LogP contribution in [0.3, 0.4) is 0 Å². The number of carbonyl (C=O) groups is 1. The molecular weight excluding hydrogens is 419 g/mol. The van der Waals surface area contributed by atoms with E-state index in [2.05, 4.69) is 0 Å². The zero-order chi connectivity index (χ0) is 23.1. The Morgan fingerprint density at radius 2 is 2.03 bits per heavy atom. The highest BCUT2D eigenvalue weighted by molar-refractivity contribution is 5.78. The van der Waals surface area contributed by atoms with Crippen LogP contribution in [0.5, 0.6) is 0 Å². The van der Waals surface area contributed by atoms with Crippen molar-refractivity contribution in [2.45, 2.75) is 39.3 Å². The average molecular weight is 450 g/mol. The van der Waals surface area contributed by atoms with Gasteiger partial charge in [0.05, 0.1) is 23.8 Å². The molecule has 2 atom stereocenters. The lowest BCUT2D eigenvalue weighted by atomic mass is 9.73. The quantitative estimate of drug-likeness (QED) is 0.649. The van der Waals surface area contributed by atoms with Crippen molar-refractivity contribution in [1.29, 1.82) is 5.26 Å². The van der Waals surface area contributed by atoms with Gasteiger partial charge in [0, 0.05) is 49.8 Å². The highest BCUT2D eigenvalue weighted by Crippen LogP contribution is 2.45. The summed E-state index contributed by atoms with van der Waals surface area (Å²) in [7, 11) is 0. The van der Waals surface area contributed by atoms with Crippen molar-refractivity contribution in [3.8, 4) is 6.07 Å². The number of nitriles is 1. The van der Waals surface area contributed by atoms with Crippen LogP contribution in [0.25, 0.3) is 0 Å². The molecule has 2 aliphatic heterocycles. The van der Waals surface area contributed by atoms with Crippen molar-refractivity contribution >= 4 is 11.6 Å². The summed E-state index contributed by atoms with van der Waals surface area (Å²) in [5.41, 5.74) is -1.10. The number of halogens is 3. The molecule has 2 heterocycles. The van der Waals surface area contributed by atoms with Crippen LogP contribution in [0.1, 0.15) is 44.2 Å². The van der Waals surface area contributed by atoms with Crippen LogP contribution < -0.4 is 4.90 Å². The fraction of sp³-hybridized carbons (Fsp3) is 0.667. The Hall–Kier alpha value is -2.27. The van der Waals surface area contributed by atoms with E-state index in [-0.39, 0.29) is 28.7 Å². The van der Waals surface area contributed by atoms with Gasteiger partial charge in [-0.1, -0.05) is 13.8 Å². The third-order valence-electron chi connectivity index (χ3n) is 7.11. The number of hydrogen-bond acceptors (Lipinski definition) is 4. The Bertz CT molecular complexity index is 907. The van der Waals surface area contributed by atoms with Crippen molar-refractivity contribution < 1.29 is 22.7 Å². The first-order chi connectivity index (χ1) is 15.1. The van der Waals surface area contributed by atoms with Gasteiger partial charge in [-0.15, -0.1) is 0 Å². The SMILES string of the molecule is CC(C)C(=O)N1CC[C@H]2CN(c3ccc(C#N)c(C(F)(F)F)c3)C[C@@]2(COCC2CC2)C1. The number of fused-ring (bicyclic) bond motifs is 1. The number of nitrogens with zero attached hydrogens (tertiary/aromatic N) is 3. The lowest BCUT2D eigenvalue weighted by molar-refractivity contribution is -0.140. The van der Waals surface area contributed by atoms with Crippen LogP contribution >= 0.6 is 0 Å². The standard InChI is InChI=1S/C24H30F3N3O2/c1-16(2)22(31)29-8-7-19-11-30(14-23(19,13-29)15-32-12-17-3-4-17)20-6-5-18(10-28)21(9-20)24(25,26)27/h5-6,9,16-17,19H,3-4,7-8,11-15H2,1-2H3/t19-,23+/m0/s1. The Morgan fingerprint density at radius 3 is 2.66 bits per heavy atom. The van der Waals surface area contributed by atoms with Gasteiger partial charge in [0.15, 0.2) is 0 Å². The number of amides is 1. The molecule has 3 aliphatic rings. The van der Waals surface area contributed by atoms with Crippen molar-refractivity contribution in [1.82, 2.24) is 4.90 Å². The zero-order valence-electron chi connectivity index (χ0n) is 18.6. The van der Waals surface area contributed by atoms with E-state index in [4.69, 9.17) is 10.00 Å². The van der Waals surface area contributed by atoms with E-state index in [9.17, 15) is 18.0 Å². The van der Waals surface area contributed by atoms with Crippen LogP contribution in [-0.4, -0.2) is 50.2 Å². The average Bonchev–Trinajstić information content (AvgIpc) is 3.49. The molecule has 3 fully saturated rings. The van der Waals surface area contributed by atoms with E-state index in [0.29, 0.717) is 51.0 Å². The Balaban J connectivity index is 1.59. The third-order valence-corrected chi connectivity index (χ3v) is 7.11. The van der Waals surface area contributed by atoms with Gasteiger partial charge in [-0.3, -0.25) is 4.79 Å². The second-order valence-electron chi connectivity index (χ2n) is 9.94. The molecule has 1 aliphatic carbocycles. The van der Waals surface area contributed by atoms with Gasteiger partial charge in [-0.2, -0.15) is 18.4 Å². The molecule has 0 spiro atoms. The van der Waals surface area contributed by atoms with Crippen molar-refractivity contribution in [2.75, 3.05) is 44.3 Å². The van der Waals surface area contributed by atoms with Crippen LogP contribution in [0.2, 0.25) is 0 Å². The maximum absolute atomic E-state index is 13.5. The first-order valence-corrected chi connectivity index (χ1v) is 11.4. The predicted octanol–water partition coefficient (Wildman–Crippen LogP) is 4.31. The van der Waals surface area contributed by atoms with E-state index < -0.39 is 11.7 Å².